The standard InChI is InChI=1S/C11H14N2O3S/c1-5-4-12-10(17-5)13-8(14)6-7(9(15)16)11(6,2)3/h4,6-7H,1-3H3,(H,15,16)(H,12,13,14). The van der Waals surface area contributed by atoms with Gasteiger partial charge >= 0.3 is 5.97 Å². The Hall–Kier alpha value is -1.43. The molecule has 2 rings (SSSR count). The summed E-state index contributed by atoms with van der Waals surface area (Å²) in [6, 6.07) is 0. The third-order valence-electron chi connectivity index (χ3n) is 3.23. The number of aryl methyl sites for hydroxylation is 1. The number of aliphatic carboxylic acids is 1. The molecular formula is C11H14N2O3S. The summed E-state index contributed by atoms with van der Waals surface area (Å²) < 4.78 is 0. The fourth-order valence-corrected chi connectivity index (χ4v) is 2.85. The van der Waals surface area contributed by atoms with Crippen LogP contribution < -0.4 is 5.32 Å². The van der Waals surface area contributed by atoms with Crippen LogP contribution in [0.3, 0.4) is 0 Å². The van der Waals surface area contributed by atoms with Crippen LogP contribution in [0, 0.1) is 24.2 Å². The molecule has 0 radical (unpaired) electrons. The van der Waals surface area contributed by atoms with Gasteiger partial charge in [-0.2, -0.15) is 0 Å². The average molecular weight is 254 g/mol. The quantitative estimate of drug-likeness (QED) is 0.861. The third-order valence-corrected chi connectivity index (χ3v) is 4.06. The van der Waals surface area contributed by atoms with E-state index in [-0.39, 0.29) is 5.91 Å². The molecule has 0 spiro atoms. The molecule has 1 amide bonds. The van der Waals surface area contributed by atoms with Gasteiger partial charge in [-0.3, -0.25) is 9.59 Å². The van der Waals surface area contributed by atoms with Gasteiger partial charge in [-0.25, -0.2) is 4.98 Å². The van der Waals surface area contributed by atoms with Crippen molar-refractivity contribution in [2.75, 3.05) is 5.32 Å². The fraction of sp³-hybridized carbons (Fsp3) is 0.545. The van der Waals surface area contributed by atoms with Crippen molar-refractivity contribution in [1.29, 1.82) is 0 Å². The third kappa shape index (κ3) is 2.04. The highest BCUT2D eigenvalue weighted by molar-refractivity contribution is 7.15. The summed E-state index contributed by atoms with van der Waals surface area (Å²) >= 11 is 1.38. The highest BCUT2D eigenvalue weighted by atomic mass is 32.1. The van der Waals surface area contributed by atoms with E-state index in [0.717, 1.165) is 4.88 Å². The molecule has 0 bridgehead atoms. The van der Waals surface area contributed by atoms with Crippen molar-refractivity contribution in [1.82, 2.24) is 4.98 Å². The molecule has 1 aromatic heterocycles. The molecule has 92 valence electrons. The minimum atomic E-state index is -0.912. The zero-order valence-electron chi connectivity index (χ0n) is 9.85. The number of nitrogens with one attached hydrogen (secondary N) is 1. The van der Waals surface area contributed by atoms with Crippen LogP contribution >= 0.6 is 11.3 Å². The predicted octanol–water partition coefficient (Wildman–Crippen LogP) is 1.75. The zero-order valence-corrected chi connectivity index (χ0v) is 10.7. The summed E-state index contributed by atoms with van der Waals surface area (Å²) in [6.45, 7) is 5.49. The van der Waals surface area contributed by atoms with Crippen LogP contribution in [0.25, 0.3) is 0 Å². The van der Waals surface area contributed by atoms with Crippen molar-refractivity contribution in [2.45, 2.75) is 20.8 Å². The van der Waals surface area contributed by atoms with Crippen LogP contribution in [-0.2, 0) is 9.59 Å². The topological polar surface area (TPSA) is 79.3 Å². The minimum Gasteiger partial charge on any atom is -0.481 e. The minimum absolute atomic E-state index is 0.253. The highest BCUT2D eigenvalue weighted by Crippen LogP contribution is 2.58. The maximum absolute atomic E-state index is 11.9. The van der Waals surface area contributed by atoms with E-state index in [1.54, 1.807) is 20.0 Å². The molecule has 2 atom stereocenters. The normalized spacial score (nSPS) is 25.4. The van der Waals surface area contributed by atoms with E-state index in [9.17, 15) is 9.59 Å². The lowest BCUT2D eigenvalue weighted by Gasteiger charge is -2.02. The second kappa shape index (κ2) is 3.80. The van der Waals surface area contributed by atoms with E-state index in [4.69, 9.17) is 5.11 Å². The van der Waals surface area contributed by atoms with Gasteiger partial charge in [-0.1, -0.05) is 13.8 Å². The summed E-state index contributed by atoms with van der Waals surface area (Å²) in [5, 5.41) is 12.2. The molecule has 1 saturated carbocycles. The van der Waals surface area contributed by atoms with Crippen LogP contribution in [0.2, 0.25) is 0 Å². The van der Waals surface area contributed by atoms with E-state index >= 15 is 0 Å². The van der Waals surface area contributed by atoms with Gasteiger partial charge in [0.15, 0.2) is 5.13 Å². The Kier molecular flexibility index (Phi) is 2.69. The maximum atomic E-state index is 11.9. The number of anilines is 1. The highest BCUT2D eigenvalue weighted by Gasteiger charge is 2.65. The van der Waals surface area contributed by atoms with Crippen molar-refractivity contribution in [3.05, 3.63) is 11.1 Å². The molecule has 0 saturated heterocycles. The Morgan fingerprint density at radius 2 is 2.12 bits per heavy atom. The van der Waals surface area contributed by atoms with Crippen molar-refractivity contribution < 1.29 is 14.7 Å². The number of hydrogen-bond acceptors (Lipinski definition) is 4. The summed E-state index contributed by atoms with van der Waals surface area (Å²) in [5.74, 6) is -2.23. The van der Waals surface area contributed by atoms with Crippen molar-refractivity contribution in [3.63, 3.8) is 0 Å². The van der Waals surface area contributed by atoms with Crippen LogP contribution in [-0.4, -0.2) is 22.0 Å². The van der Waals surface area contributed by atoms with Crippen molar-refractivity contribution in [2.24, 2.45) is 17.3 Å². The Morgan fingerprint density at radius 1 is 1.47 bits per heavy atom. The molecule has 1 aliphatic rings. The number of carboxylic acid groups (broad SMARTS) is 1. The van der Waals surface area contributed by atoms with E-state index in [1.807, 2.05) is 6.92 Å². The molecule has 1 aromatic rings. The zero-order chi connectivity index (χ0) is 12.8. The fourth-order valence-electron chi connectivity index (χ4n) is 2.18. The second-order valence-electron chi connectivity index (χ2n) is 4.88. The van der Waals surface area contributed by atoms with Gasteiger partial charge in [0, 0.05) is 11.1 Å². The molecular weight excluding hydrogens is 240 g/mol. The first-order valence-electron chi connectivity index (χ1n) is 5.30. The Labute approximate surface area is 103 Å². The Balaban J connectivity index is 2.05. The monoisotopic (exact) mass is 254 g/mol. The molecule has 6 heteroatoms. The first kappa shape index (κ1) is 12.0. The molecule has 0 aromatic carbocycles. The van der Waals surface area contributed by atoms with Gasteiger partial charge in [0.2, 0.25) is 5.91 Å². The van der Waals surface area contributed by atoms with Crippen LogP contribution in [0.5, 0.6) is 0 Å². The predicted molar refractivity (Wildman–Crippen MR) is 63.9 cm³/mol. The summed E-state index contributed by atoms with van der Waals surface area (Å²) in [7, 11) is 0. The number of carboxylic acids is 1. The molecule has 2 unspecified atom stereocenters. The van der Waals surface area contributed by atoms with Crippen LogP contribution in [0.4, 0.5) is 5.13 Å². The number of carbonyl (C=O) groups excluding carboxylic acids is 1. The first-order chi connectivity index (χ1) is 7.84. The SMILES string of the molecule is Cc1cnc(NC(=O)C2C(C(=O)O)C2(C)C)s1. The van der Waals surface area contributed by atoms with Crippen LogP contribution in [0.15, 0.2) is 6.20 Å². The van der Waals surface area contributed by atoms with Gasteiger partial charge in [0.25, 0.3) is 0 Å². The lowest BCUT2D eigenvalue weighted by molar-refractivity contribution is -0.140. The van der Waals surface area contributed by atoms with Gasteiger partial charge in [-0.15, -0.1) is 11.3 Å². The summed E-state index contributed by atoms with van der Waals surface area (Å²) in [5.41, 5.74) is -0.470. The molecule has 2 N–H and O–H groups in total. The Morgan fingerprint density at radius 3 is 2.53 bits per heavy atom. The first-order valence-corrected chi connectivity index (χ1v) is 6.12. The van der Waals surface area contributed by atoms with E-state index < -0.39 is 23.2 Å². The number of aromatic nitrogens is 1. The van der Waals surface area contributed by atoms with E-state index in [0.29, 0.717) is 5.13 Å². The average Bonchev–Trinajstić information content (AvgIpc) is 2.54. The van der Waals surface area contributed by atoms with Crippen molar-refractivity contribution >= 4 is 28.3 Å². The van der Waals surface area contributed by atoms with E-state index in [2.05, 4.69) is 10.3 Å². The smallest absolute Gasteiger partial charge is 0.307 e. The van der Waals surface area contributed by atoms with Crippen molar-refractivity contribution in [3.8, 4) is 0 Å². The lowest BCUT2D eigenvalue weighted by atomic mass is 10.1. The molecule has 5 nitrogen and oxygen atoms in total. The number of thiazole rings is 1. The molecule has 1 heterocycles. The van der Waals surface area contributed by atoms with Crippen LogP contribution in [0.1, 0.15) is 18.7 Å². The van der Waals surface area contributed by atoms with Gasteiger partial charge in [0.1, 0.15) is 0 Å². The van der Waals surface area contributed by atoms with Gasteiger partial charge < -0.3 is 10.4 Å². The maximum Gasteiger partial charge on any atom is 0.307 e. The largest absolute Gasteiger partial charge is 0.481 e. The summed E-state index contributed by atoms with van der Waals surface area (Å²) in [6.07, 6.45) is 1.67. The molecule has 0 aliphatic heterocycles. The van der Waals surface area contributed by atoms with Gasteiger partial charge in [-0.05, 0) is 12.3 Å². The lowest BCUT2D eigenvalue weighted by Crippen LogP contribution is -2.17. The molecule has 17 heavy (non-hydrogen) atoms. The molecule has 1 aliphatic carbocycles. The van der Waals surface area contributed by atoms with E-state index in [1.165, 1.54) is 11.3 Å². The number of amides is 1. The van der Waals surface area contributed by atoms with Gasteiger partial charge in [0.05, 0.1) is 11.8 Å². The number of carbonyl (C=O) groups is 2. The number of rotatable bonds is 3. The number of hydrogen-bond donors (Lipinski definition) is 2. The summed E-state index contributed by atoms with van der Waals surface area (Å²) in [4.78, 5) is 27.9. The molecule has 1 fully saturated rings. The number of nitrogens with zero attached hydrogens (tertiary/aromatic N) is 1. The second-order valence-corrected chi connectivity index (χ2v) is 6.12. The Bertz CT molecular complexity index is 481.